The third-order valence-electron chi connectivity index (χ3n) is 5.36. The van der Waals surface area contributed by atoms with Crippen molar-refractivity contribution < 1.29 is 0 Å². The molecule has 0 unspecified atom stereocenters. The highest BCUT2D eigenvalue weighted by Crippen LogP contribution is 2.40. The minimum atomic E-state index is 0.778. The van der Waals surface area contributed by atoms with E-state index in [1.54, 1.807) is 0 Å². The minimum Gasteiger partial charge on any atom is -0.385 e. The fraction of sp³-hybridized carbons (Fsp3) is 0.588. The summed E-state index contributed by atoms with van der Waals surface area (Å²) in [6.07, 6.45) is 7.82. The maximum Gasteiger partial charge on any atom is 0.0895 e. The summed E-state index contributed by atoms with van der Waals surface area (Å²) in [5.41, 5.74) is 2.31. The van der Waals surface area contributed by atoms with E-state index in [1.165, 1.54) is 49.6 Å². The number of anilines is 1. The molecule has 2 aromatic heterocycles. The van der Waals surface area contributed by atoms with Crippen LogP contribution < -0.4 is 5.32 Å². The lowest BCUT2D eigenvalue weighted by Gasteiger charge is -2.33. The smallest absolute Gasteiger partial charge is 0.0895 e. The number of nitrogens with zero attached hydrogens (tertiary/aromatic N) is 4. The highest BCUT2D eigenvalue weighted by molar-refractivity contribution is 7.03. The Morgan fingerprint density at radius 2 is 2.13 bits per heavy atom. The van der Waals surface area contributed by atoms with E-state index in [2.05, 4.69) is 42.3 Å². The third kappa shape index (κ3) is 3.53. The van der Waals surface area contributed by atoms with E-state index in [9.17, 15) is 0 Å². The second-order valence-corrected chi connectivity index (χ2v) is 7.43. The number of pyridine rings is 1. The number of nitrogens with one attached hydrogen (secondary N) is 1. The molecule has 3 heterocycles. The Kier molecular flexibility index (Phi) is 4.52. The quantitative estimate of drug-likeness (QED) is 0.914. The summed E-state index contributed by atoms with van der Waals surface area (Å²) < 4.78 is 3.98. The van der Waals surface area contributed by atoms with Gasteiger partial charge in [-0.2, -0.15) is 0 Å². The van der Waals surface area contributed by atoms with Gasteiger partial charge in [0, 0.05) is 49.6 Å². The van der Waals surface area contributed by atoms with Gasteiger partial charge in [0.1, 0.15) is 0 Å². The van der Waals surface area contributed by atoms with E-state index in [1.807, 2.05) is 12.4 Å². The van der Waals surface area contributed by atoms with Crippen LogP contribution in [0.3, 0.4) is 0 Å². The van der Waals surface area contributed by atoms with Crippen molar-refractivity contribution in [2.45, 2.75) is 25.8 Å². The molecule has 4 rings (SSSR count). The van der Waals surface area contributed by atoms with Crippen LogP contribution in [0.1, 0.15) is 25.0 Å². The Hall–Kier alpha value is -1.53. The highest BCUT2D eigenvalue weighted by atomic mass is 32.1. The fourth-order valence-electron chi connectivity index (χ4n) is 4.27. The lowest BCUT2D eigenvalue weighted by molar-refractivity contribution is 0.207. The number of hydrogen-bond acceptors (Lipinski definition) is 6. The number of likely N-dealkylation sites (tertiary alicyclic amines) is 1. The molecular formula is C17H23N5S. The van der Waals surface area contributed by atoms with Gasteiger partial charge in [-0.15, -0.1) is 5.10 Å². The summed E-state index contributed by atoms with van der Waals surface area (Å²) in [4.78, 5) is 6.66. The molecule has 2 aliphatic rings. The SMILES string of the molecule is c1cc(NC[C@H]2CCC[C@H]3CN(Cc4csnn4)C[C@@H]23)ccn1. The average molecular weight is 329 g/mol. The second kappa shape index (κ2) is 6.93. The van der Waals surface area contributed by atoms with Crippen molar-refractivity contribution in [1.82, 2.24) is 19.5 Å². The highest BCUT2D eigenvalue weighted by Gasteiger charge is 2.39. The normalized spacial score (nSPS) is 27.7. The molecule has 0 aromatic carbocycles. The summed E-state index contributed by atoms with van der Waals surface area (Å²) in [6.45, 7) is 4.49. The molecule has 1 aliphatic carbocycles. The monoisotopic (exact) mass is 329 g/mol. The van der Waals surface area contributed by atoms with E-state index in [0.717, 1.165) is 36.5 Å². The molecule has 122 valence electrons. The minimum absolute atomic E-state index is 0.778. The van der Waals surface area contributed by atoms with Gasteiger partial charge < -0.3 is 5.32 Å². The molecule has 1 aliphatic heterocycles. The Balaban J connectivity index is 1.35. The molecule has 2 fully saturated rings. The van der Waals surface area contributed by atoms with Crippen LogP contribution in [0.25, 0.3) is 0 Å². The molecule has 1 N–H and O–H groups in total. The maximum atomic E-state index is 4.20. The third-order valence-corrected chi connectivity index (χ3v) is 5.92. The lowest BCUT2D eigenvalue weighted by atomic mass is 9.74. The topological polar surface area (TPSA) is 53.9 Å². The molecule has 1 saturated heterocycles. The summed E-state index contributed by atoms with van der Waals surface area (Å²) in [5, 5.41) is 9.88. The first-order valence-corrected chi connectivity index (χ1v) is 9.34. The van der Waals surface area contributed by atoms with Gasteiger partial charge in [-0.1, -0.05) is 10.9 Å². The summed E-state index contributed by atoms with van der Waals surface area (Å²) in [7, 11) is 0. The van der Waals surface area contributed by atoms with Crippen molar-refractivity contribution in [3.8, 4) is 0 Å². The first-order chi connectivity index (χ1) is 11.4. The maximum absolute atomic E-state index is 4.20. The van der Waals surface area contributed by atoms with E-state index >= 15 is 0 Å². The standard InChI is InChI=1S/C17H23N5S/c1-2-13(8-19-15-4-6-18-7-5-15)17-11-22(9-14(17)3-1)10-16-12-23-21-20-16/h4-7,12-14,17H,1-3,8-11H2,(H,18,19)/t13-,14+,17+/m1/s1. The first kappa shape index (κ1) is 15.0. The lowest BCUT2D eigenvalue weighted by Crippen LogP contribution is -2.32. The van der Waals surface area contributed by atoms with E-state index < -0.39 is 0 Å². The second-order valence-electron chi connectivity index (χ2n) is 6.82. The Morgan fingerprint density at radius 3 is 2.96 bits per heavy atom. The first-order valence-electron chi connectivity index (χ1n) is 8.50. The van der Waals surface area contributed by atoms with Crippen molar-refractivity contribution in [3.05, 3.63) is 35.6 Å². The van der Waals surface area contributed by atoms with E-state index in [-0.39, 0.29) is 0 Å². The Labute approximate surface area is 141 Å². The molecule has 23 heavy (non-hydrogen) atoms. The molecule has 6 heteroatoms. The van der Waals surface area contributed by atoms with Gasteiger partial charge in [-0.3, -0.25) is 9.88 Å². The predicted octanol–water partition coefficient (Wildman–Crippen LogP) is 2.89. The van der Waals surface area contributed by atoms with Gasteiger partial charge in [0.25, 0.3) is 0 Å². The van der Waals surface area contributed by atoms with Crippen molar-refractivity contribution in [2.24, 2.45) is 17.8 Å². The number of aromatic nitrogens is 3. The zero-order chi connectivity index (χ0) is 15.5. The zero-order valence-corrected chi connectivity index (χ0v) is 14.1. The van der Waals surface area contributed by atoms with Crippen LogP contribution >= 0.6 is 11.5 Å². The molecular weight excluding hydrogens is 306 g/mol. The van der Waals surface area contributed by atoms with Crippen molar-refractivity contribution in [2.75, 3.05) is 25.0 Å². The van der Waals surface area contributed by atoms with Gasteiger partial charge in [-0.25, -0.2) is 0 Å². The van der Waals surface area contributed by atoms with Crippen LogP contribution in [0.4, 0.5) is 5.69 Å². The van der Waals surface area contributed by atoms with Gasteiger partial charge in [0.05, 0.1) is 5.69 Å². The van der Waals surface area contributed by atoms with Gasteiger partial charge >= 0.3 is 0 Å². The van der Waals surface area contributed by atoms with Crippen LogP contribution in [0.5, 0.6) is 0 Å². The Bertz CT molecular complexity index is 603. The van der Waals surface area contributed by atoms with Crippen molar-refractivity contribution >= 4 is 17.2 Å². The largest absolute Gasteiger partial charge is 0.385 e. The molecule has 0 bridgehead atoms. The Morgan fingerprint density at radius 1 is 1.22 bits per heavy atom. The van der Waals surface area contributed by atoms with Crippen molar-refractivity contribution in [3.63, 3.8) is 0 Å². The summed E-state index contributed by atoms with van der Waals surface area (Å²) >= 11 is 1.45. The van der Waals surface area contributed by atoms with Gasteiger partial charge in [-0.05, 0) is 54.3 Å². The average Bonchev–Trinajstić information content (AvgIpc) is 3.23. The van der Waals surface area contributed by atoms with Crippen molar-refractivity contribution in [1.29, 1.82) is 0 Å². The van der Waals surface area contributed by atoms with Crippen LogP contribution in [-0.4, -0.2) is 39.1 Å². The molecule has 3 atom stereocenters. The van der Waals surface area contributed by atoms with Gasteiger partial charge in [0.15, 0.2) is 0 Å². The predicted molar refractivity (Wildman–Crippen MR) is 92.2 cm³/mol. The van der Waals surface area contributed by atoms with Crippen LogP contribution in [-0.2, 0) is 6.54 Å². The molecule has 1 saturated carbocycles. The van der Waals surface area contributed by atoms with E-state index in [0.29, 0.717) is 0 Å². The molecule has 0 radical (unpaired) electrons. The molecule has 0 spiro atoms. The molecule has 2 aromatic rings. The number of fused-ring (bicyclic) bond motifs is 1. The molecule has 5 nitrogen and oxygen atoms in total. The summed E-state index contributed by atoms with van der Waals surface area (Å²) in [6, 6.07) is 4.10. The number of hydrogen-bond donors (Lipinski definition) is 1. The summed E-state index contributed by atoms with van der Waals surface area (Å²) in [5.74, 6) is 2.46. The van der Waals surface area contributed by atoms with Crippen LogP contribution in [0.15, 0.2) is 29.9 Å². The van der Waals surface area contributed by atoms with E-state index in [4.69, 9.17) is 0 Å². The van der Waals surface area contributed by atoms with Crippen LogP contribution in [0, 0.1) is 17.8 Å². The number of rotatable bonds is 5. The van der Waals surface area contributed by atoms with Gasteiger partial charge in [0.2, 0.25) is 0 Å². The fourth-order valence-corrected chi connectivity index (χ4v) is 4.71. The molecule has 0 amide bonds. The zero-order valence-electron chi connectivity index (χ0n) is 13.3. The van der Waals surface area contributed by atoms with Crippen LogP contribution in [0.2, 0.25) is 0 Å².